The van der Waals surface area contributed by atoms with Crippen molar-refractivity contribution in [1.82, 2.24) is 0 Å². The van der Waals surface area contributed by atoms with Crippen molar-refractivity contribution in [2.45, 2.75) is 49.8 Å². The maximum Gasteiger partial charge on any atom is 0.493 e. The molecule has 1 saturated heterocycles. The minimum atomic E-state index is -5.91. The second-order valence-electron chi connectivity index (χ2n) is 9.66. The average Bonchev–Trinajstić information content (AvgIpc) is 2.81. The van der Waals surface area contributed by atoms with Gasteiger partial charge in [0.1, 0.15) is 0 Å². The van der Waals surface area contributed by atoms with E-state index >= 15 is 0 Å². The average molecular weight is 679 g/mol. The van der Waals surface area contributed by atoms with Crippen LogP contribution < -0.4 is 5.46 Å². The fraction of sp³-hybridized carbons (Fsp3) is 0.478. The first kappa shape index (κ1) is 35.2. The molecule has 2 N–H and O–H groups in total. The first-order valence-corrected chi connectivity index (χ1v) is 11.9. The monoisotopic (exact) mass is 678 g/mol. The zero-order chi connectivity index (χ0) is 31.9. The highest BCUT2D eigenvalue weighted by atomic mass is 79.9. The van der Waals surface area contributed by atoms with Gasteiger partial charge in [0.25, 0.3) is 11.2 Å². The standard InChI is InChI=1S/C14H15BF6O3.C9H5BrF6O/c1-11(2)7-23-15(24-8-11)10-5-3-9(4-6-10)12(22,13(16,17)18)14(19,20)21;10-6-3-1-5(2-4-6)7(17,8(11,12)13)9(14,15)16/h3-6,22H,7-8H2,1-2H3;1-4,17H. The van der Waals surface area contributed by atoms with Gasteiger partial charge in [0.2, 0.25) is 0 Å². The highest BCUT2D eigenvalue weighted by Gasteiger charge is 2.72. The van der Waals surface area contributed by atoms with Gasteiger partial charge in [-0.15, -0.1) is 0 Å². The molecule has 0 saturated carbocycles. The first-order chi connectivity index (χ1) is 18.3. The fourth-order valence-corrected chi connectivity index (χ4v) is 3.70. The number of hydrogen-bond donors (Lipinski definition) is 2. The lowest BCUT2D eigenvalue weighted by Gasteiger charge is -2.34. The SMILES string of the molecule is CC1(C)COB(c2ccc(C(O)(C(F)(F)F)C(F)(F)F)cc2)OC1.OC(c1ccc(Br)cc1)(C(F)(F)F)C(F)(F)F. The molecular weight excluding hydrogens is 659 g/mol. The number of rotatable bonds is 3. The quantitative estimate of drug-likeness (QED) is 0.287. The third-order valence-electron chi connectivity index (χ3n) is 5.75. The predicted octanol–water partition coefficient (Wildman–Crippen LogP) is 6.53. The van der Waals surface area contributed by atoms with Crippen molar-refractivity contribution in [1.29, 1.82) is 0 Å². The molecule has 0 bridgehead atoms. The van der Waals surface area contributed by atoms with Crippen LogP contribution in [-0.4, -0.2) is 55.3 Å². The molecule has 0 radical (unpaired) electrons. The van der Waals surface area contributed by atoms with Gasteiger partial charge in [0.05, 0.1) is 0 Å². The summed E-state index contributed by atoms with van der Waals surface area (Å²) in [6, 6.07) is 6.26. The molecule has 3 rings (SSSR count). The van der Waals surface area contributed by atoms with Crippen molar-refractivity contribution in [3.63, 3.8) is 0 Å². The van der Waals surface area contributed by atoms with E-state index in [2.05, 4.69) is 15.9 Å². The summed E-state index contributed by atoms with van der Waals surface area (Å²) in [4.78, 5) is 0. The van der Waals surface area contributed by atoms with Gasteiger partial charge >= 0.3 is 31.8 Å². The maximum absolute atomic E-state index is 12.8. The zero-order valence-electron chi connectivity index (χ0n) is 20.7. The predicted molar refractivity (Wildman–Crippen MR) is 124 cm³/mol. The summed E-state index contributed by atoms with van der Waals surface area (Å²) >= 11 is 2.87. The van der Waals surface area contributed by atoms with E-state index in [0.717, 1.165) is 24.3 Å². The summed E-state index contributed by atoms with van der Waals surface area (Å²) in [5, 5.41) is 18.3. The molecule has 41 heavy (non-hydrogen) atoms. The fourth-order valence-electron chi connectivity index (χ4n) is 3.43. The minimum absolute atomic E-state index is 0.233. The van der Waals surface area contributed by atoms with Gasteiger partial charge in [-0.05, 0) is 17.6 Å². The highest BCUT2D eigenvalue weighted by Crippen LogP contribution is 2.51. The Morgan fingerprint density at radius 1 is 0.610 bits per heavy atom. The van der Waals surface area contributed by atoms with Crippen LogP contribution in [0.5, 0.6) is 0 Å². The molecule has 230 valence electrons. The maximum atomic E-state index is 12.8. The Hall–Kier alpha value is -2.02. The number of halogens is 13. The second-order valence-corrected chi connectivity index (χ2v) is 10.6. The van der Waals surface area contributed by atoms with E-state index in [1.54, 1.807) is 0 Å². The third kappa shape index (κ3) is 7.32. The van der Waals surface area contributed by atoms with Gasteiger partial charge in [-0.25, -0.2) is 0 Å². The van der Waals surface area contributed by atoms with Crippen LogP contribution in [0.2, 0.25) is 0 Å². The van der Waals surface area contributed by atoms with Crippen LogP contribution in [0.4, 0.5) is 52.7 Å². The van der Waals surface area contributed by atoms with Gasteiger partial charge in [-0.3, -0.25) is 0 Å². The van der Waals surface area contributed by atoms with E-state index in [0.29, 0.717) is 42.0 Å². The lowest BCUT2D eigenvalue weighted by molar-refractivity contribution is -0.376. The number of aliphatic hydroxyl groups is 2. The molecule has 0 aromatic heterocycles. The van der Waals surface area contributed by atoms with Crippen molar-refractivity contribution >= 4 is 28.5 Å². The molecule has 0 amide bonds. The molecule has 4 nitrogen and oxygen atoms in total. The van der Waals surface area contributed by atoms with Crippen molar-refractivity contribution in [2.75, 3.05) is 13.2 Å². The Morgan fingerprint density at radius 3 is 1.20 bits per heavy atom. The first-order valence-electron chi connectivity index (χ1n) is 11.1. The molecule has 1 aliphatic rings. The molecule has 0 atom stereocenters. The largest absolute Gasteiger partial charge is 0.493 e. The molecule has 18 heteroatoms. The van der Waals surface area contributed by atoms with Gasteiger partial charge in [-0.1, -0.05) is 66.2 Å². The van der Waals surface area contributed by atoms with Crippen LogP contribution in [0.25, 0.3) is 0 Å². The molecular formula is C23H20BBrF12O4. The Bertz CT molecular complexity index is 1120. The van der Waals surface area contributed by atoms with E-state index in [1.165, 1.54) is 0 Å². The van der Waals surface area contributed by atoms with Crippen LogP contribution in [0.15, 0.2) is 53.0 Å². The summed E-state index contributed by atoms with van der Waals surface area (Å²) in [5.74, 6) is 0. The van der Waals surface area contributed by atoms with Crippen molar-refractivity contribution in [3.8, 4) is 0 Å². The third-order valence-corrected chi connectivity index (χ3v) is 6.28. The van der Waals surface area contributed by atoms with E-state index in [-0.39, 0.29) is 10.9 Å². The number of hydrogen-bond acceptors (Lipinski definition) is 4. The van der Waals surface area contributed by atoms with Crippen LogP contribution >= 0.6 is 15.9 Å². The lowest BCUT2D eigenvalue weighted by atomic mass is 9.75. The van der Waals surface area contributed by atoms with Gasteiger partial charge < -0.3 is 19.5 Å². The second kappa shape index (κ2) is 11.6. The van der Waals surface area contributed by atoms with E-state index in [4.69, 9.17) is 14.4 Å². The summed E-state index contributed by atoms with van der Waals surface area (Å²) in [6.45, 7) is 4.43. The topological polar surface area (TPSA) is 58.9 Å². The molecule has 0 spiro atoms. The molecule has 1 heterocycles. The summed E-state index contributed by atoms with van der Waals surface area (Å²) in [6.07, 6.45) is -23.5. The van der Waals surface area contributed by atoms with Gasteiger partial charge in [0, 0.05) is 34.2 Å². The van der Waals surface area contributed by atoms with E-state index in [9.17, 15) is 57.8 Å². The molecule has 0 unspecified atom stereocenters. The van der Waals surface area contributed by atoms with Crippen LogP contribution in [0, 0.1) is 5.41 Å². The Labute approximate surface area is 233 Å². The van der Waals surface area contributed by atoms with Crippen LogP contribution in [-0.2, 0) is 20.5 Å². The molecule has 0 aliphatic carbocycles. The Kier molecular flexibility index (Phi) is 9.94. The number of alkyl halides is 12. The molecule has 2 aromatic rings. The van der Waals surface area contributed by atoms with Crippen LogP contribution in [0.1, 0.15) is 25.0 Å². The summed E-state index contributed by atoms with van der Waals surface area (Å²) in [5.41, 5.74) is -12.4. The van der Waals surface area contributed by atoms with E-state index < -0.39 is 54.2 Å². The van der Waals surface area contributed by atoms with E-state index in [1.807, 2.05) is 13.8 Å². The lowest BCUT2D eigenvalue weighted by Crippen LogP contribution is -2.54. The number of benzene rings is 2. The van der Waals surface area contributed by atoms with Crippen molar-refractivity contribution in [3.05, 3.63) is 64.1 Å². The normalized spacial score (nSPS) is 17.1. The summed E-state index contributed by atoms with van der Waals surface area (Å²) in [7, 11) is -0.878. The van der Waals surface area contributed by atoms with Gasteiger partial charge in [-0.2, -0.15) is 52.7 Å². The summed E-state index contributed by atoms with van der Waals surface area (Å²) < 4.78 is 162. The van der Waals surface area contributed by atoms with Crippen molar-refractivity contribution in [2.24, 2.45) is 5.41 Å². The molecule has 1 aliphatic heterocycles. The van der Waals surface area contributed by atoms with Crippen LogP contribution in [0.3, 0.4) is 0 Å². The molecule has 1 fully saturated rings. The Morgan fingerprint density at radius 2 is 0.902 bits per heavy atom. The zero-order valence-corrected chi connectivity index (χ0v) is 22.3. The molecule has 2 aromatic carbocycles. The van der Waals surface area contributed by atoms with Crippen molar-refractivity contribution < 1.29 is 72.2 Å². The minimum Gasteiger partial charge on any atom is -0.407 e. The highest BCUT2D eigenvalue weighted by molar-refractivity contribution is 9.10. The van der Waals surface area contributed by atoms with Gasteiger partial charge in [0.15, 0.2) is 0 Å². The Balaban J connectivity index is 0.000000305. The smallest absolute Gasteiger partial charge is 0.407 e.